The second-order valence-electron chi connectivity index (χ2n) is 5.56. The molecule has 0 heterocycles. The molecular weight excluding hydrogens is 344 g/mol. The first kappa shape index (κ1) is 19.0. The summed E-state index contributed by atoms with van der Waals surface area (Å²) in [5.41, 5.74) is 1.38. The lowest BCUT2D eigenvalue weighted by molar-refractivity contribution is 0.239. The molecule has 0 spiro atoms. The average molecular weight is 373 g/mol. The number of hydrogen-bond donors (Lipinski definition) is 1. The normalized spacial score (nSPS) is 14.4. The molecule has 0 saturated heterocycles. The van der Waals surface area contributed by atoms with Crippen molar-refractivity contribution in [2.24, 2.45) is 0 Å². The number of hydrogen-bond acceptors (Lipinski definition) is 3. The fraction of sp³-hybridized carbons (Fsp3) is 0.647. The van der Waals surface area contributed by atoms with E-state index in [1.807, 2.05) is 11.8 Å². The predicted molar refractivity (Wildman–Crippen MR) is 100 cm³/mol. The minimum Gasteiger partial charge on any atom is -0.310 e. The molecule has 0 aromatic heterocycles. The molecule has 0 fully saturated rings. The van der Waals surface area contributed by atoms with E-state index < -0.39 is 0 Å². The summed E-state index contributed by atoms with van der Waals surface area (Å²) in [6.45, 7) is 6.64. The Morgan fingerprint density at radius 2 is 1.90 bits per heavy atom. The van der Waals surface area contributed by atoms with E-state index in [1.54, 1.807) is 0 Å². The van der Waals surface area contributed by atoms with Crippen LogP contribution in [0.2, 0.25) is 0 Å². The Labute approximate surface area is 143 Å². The number of rotatable bonds is 10. The summed E-state index contributed by atoms with van der Waals surface area (Å²) < 4.78 is 1.14. The smallest absolute Gasteiger partial charge is 0.0332 e. The van der Waals surface area contributed by atoms with Crippen molar-refractivity contribution in [3.05, 3.63) is 34.3 Å². The summed E-state index contributed by atoms with van der Waals surface area (Å²) in [7, 11) is 2.25. The monoisotopic (exact) mass is 372 g/mol. The van der Waals surface area contributed by atoms with Crippen molar-refractivity contribution in [2.45, 2.75) is 38.8 Å². The third kappa shape index (κ3) is 7.18. The Hall–Kier alpha value is -0.0300. The Balaban J connectivity index is 2.52. The van der Waals surface area contributed by atoms with Gasteiger partial charge >= 0.3 is 0 Å². The molecule has 1 N–H and O–H groups in total. The maximum Gasteiger partial charge on any atom is 0.0332 e. The van der Waals surface area contributed by atoms with Gasteiger partial charge in [-0.1, -0.05) is 35.0 Å². The molecule has 1 aromatic carbocycles. The van der Waals surface area contributed by atoms with E-state index in [2.05, 4.69) is 77.6 Å². The van der Waals surface area contributed by atoms with Crippen molar-refractivity contribution in [1.82, 2.24) is 10.2 Å². The van der Waals surface area contributed by atoms with Gasteiger partial charge in [0.1, 0.15) is 0 Å². The summed E-state index contributed by atoms with van der Waals surface area (Å²) in [5.74, 6) is 1.24. The SMILES string of the molecule is CCNC(CCN(C)C(C)CCSC)c1ccc(Br)cc1. The molecule has 0 aliphatic rings. The molecule has 21 heavy (non-hydrogen) atoms. The Morgan fingerprint density at radius 1 is 1.24 bits per heavy atom. The van der Waals surface area contributed by atoms with E-state index in [0.717, 1.165) is 24.0 Å². The van der Waals surface area contributed by atoms with Crippen LogP contribution in [0.1, 0.15) is 38.3 Å². The maximum absolute atomic E-state index is 3.61. The molecule has 1 aromatic rings. The van der Waals surface area contributed by atoms with Crippen LogP contribution in [0.15, 0.2) is 28.7 Å². The van der Waals surface area contributed by atoms with E-state index in [1.165, 1.54) is 17.7 Å². The fourth-order valence-electron chi connectivity index (χ4n) is 2.39. The van der Waals surface area contributed by atoms with Crippen LogP contribution in [-0.4, -0.2) is 43.1 Å². The molecule has 2 unspecified atom stereocenters. The highest BCUT2D eigenvalue weighted by Crippen LogP contribution is 2.20. The number of benzene rings is 1. The first-order valence-electron chi connectivity index (χ1n) is 7.76. The Kier molecular flexibility index (Phi) is 9.65. The topological polar surface area (TPSA) is 15.3 Å². The quantitative estimate of drug-likeness (QED) is 0.647. The molecule has 1 rings (SSSR count). The minimum absolute atomic E-state index is 0.443. The van der Waals surface area contributed by atoms with Gasteiger partial charge in [0.15, 0.2) is 0 Å². The molecule has 120 valence electrons. The van der Waals surface area contributed by atoms with Crippen LogP contribution in [0.5, 0.6) is 0 Å². The van der Waals surface area contributed by atoms with E-state index in [9.17, 15) is 0 Å². The molecule has 0 bridgehead atoms. The summed E-state index contributed by atoms with van der Waals surface area (Å²) in [4.78, 5) is 2.49. The van der Waals surface area contributed by atoms with E-state index in [4.69, 9.17) is 0 Å². The van der Waals surface area contributed by atoms with Crippen LogP contribution in [0.25, 0.3) is 0 Å². The van der Waals surface area contributed by atoms with Gasteiger partial charge in [0.2, 0.25) is 0 Å². The highest BCUT2D eigenvalue weighted by atomic mass is 79.9. The van der Waals surface area contributed by atoms with Gasteiger partial charge in [-0.3, -0.25) is 0 Å². The summed E-state index contributed by atoms with van der Waals surface area (Å²) in [5, 5.41) is 3.61. The van der Waals surface area contributed by atoms with Gasteiger partial charge in [-0.15, -0.1) is 0 Å². The van der Waals surface area contributed by atoms with Crippen LogP contribution >= 0.6 is 27.7 Å². The lowest BCUT2D eigenvalue weighted by Gasteiger charge is -2.27. The largest absolute Gasteiger partial charge is 0.310 e. The molecule has 0 amide bonds. The first-order valence-corrected chi connectivity index (χ1v) is 9.95. The highest BCUT2D eigenvalue weighted by Gasteiger charge is 2.14. The van der Waals surface area contributed by atoms with Crippen molar-refractivity contribution in [2.75, 3.05) is 32.1 Å². The van der Waals surface area contributed by atoms with Gasteiger partial charge in [0, 0.05) is 16.6 Å². The maximum atomic E-state index is 3.61. The van der Waals surface area contributed by atoms with Gasteiger partial charge in [-0.2, -0.15) is 11.8 Å². The zero-order chi connectivity index (χ0) is 15.7. The van der Waals surface area contributed by atoms with Crippen molar-refractivity contribution in [3.63, 3.8) is 0 Å². The summed E-state index contributed by atoms with van der Waals surface area (Å²) in [6.07, 6.45) is 4.60. The standard InChI is InChI=1S/C17H29BrN2S/c1-5-19-17(15-6-8-16(18)9-7-15)10-12-20(3)14(2)11-13-21-4/h6-9,14,17,19H,5,10-13H2,1-4H3. The number of nitrogens with zero attached hydrogens (tertiary/aromatic N) is 1. The fourth-order valence-corrected chi connectivity index (χ4v) is 3.23. The van der Waals surface area contributed by atoms with Gasteiger partial charge in [0.25, 0.3) is 0 Å². The number of nitrogens with one attached hydrogen (secondary N) is 1. The number of halogens is 1. The lowest BCUT2D eigenvalue weighted by Crippen LogP contribution is -2.33. The second-order valence-corrected chi connectivity index (χ2v) is 7.46. The van der Waals surface area contributed by atoms with E-state index in [0.29, 0.717) is 12.1 Å². The van der Waals surface area contributed by atoms with Crippen LogP contribution in [0.3, 0.4) is 0 Å². The highest BCUT2D eigenvalue weighted by molar-refractivity contribution is 9.10. The molecular formula is C17H29BrN2S. The van der Waals surface area contributed by atoms with Crippen LogP contribution in [0.4, 0.5) is 0 Å². The average Bonchev–Trinajstić information content (AvgIpc) is 2.49. The van der Waals surface area contributed by atoms with Crippen LogP contribution in [0, 0.1) is 0 Å². The minimum atomic E-state index is 0.443. The third-order valence-corrected chi connectivity index (χ3v) is 5.16. The van der Waals surface area contributed by atoms with Crippen LogP contribution in [-0.2, 0) is 0 Å². The summed E-state index contributed by atoms with van der Waals surface area (Å²) >= 11 is 5.44. The molecule has 2 nitrogen and oxygen atoms in total. The van der Waals surface area contributed by atoms with Crippen LogP contribution < -0.4 is 5.32 Å². The van der Waals surface area contributed by atoms with Gasteiger partial charge in [0.05, 0.1) is 0 Å². The molecule has 0 saturated carbocycles. The molecule has 4 heteroatoms. The van der Waals surface area contributed by atoms with E-state index >= 15 is 0 Å². The zero-order valence-electron chi connectivity index (χ0n) is 13.7. The van der Waals surface area contributed by atoms with Crippen molar-refractivity contribution >= 4 is 27.7 Å². The third-order valence-electron chi connectivity index (χ3n) is 3.99. The molecule has 0 aliphatic heterocycles. The molecule has 2 atom stereocenters. The molecule has 0 aliphatic carbocycles. The van der Waals surface area contributed by atoms with Gasteiger partial charge < -0.3 is 10.2 Å². The Morgan fingerprint density at radius 3 is 2.48 bits per heavy atom. The number of thioether (sulfide) groups is 1. The predicted octanol–water partition coefficient (Wildman–Crippen LogP) is 4.56. The van der Waals surface area contributed by atoms with Gasteiger partial charge in [-0.05, 0) is 69.6 Å². The first-order chi connectivity index (χ1) is 10.1. The van der Waals surface area contributed by atoms with Gasteiger partial charge in [-0.25, -0.2) is 0 Å². The zero-order valence-corrected chi connectivity index (χ0v) is 16.1. The van der Waals surface area contributed by atoms with Crippen molar-refractivity contribution in [3.8, 4) is 0 Å². The van der Waals surface area contributed by atoms with E-state index in [-0.39, 0.29) is 0 Å². The van der Waals surface area contributed by atoms with Crippen molar-refractivity contribution < 1.29 is 0 Å². The second kappa shape index (κ2) is 10.7. The lowest BCUT2D eigenvalue weighted by atomic mass is 10.0. The molecule has 0 radical (unpaired) electrons. The Bertz CT molecular complexity index is 383. The van der Waals surface area contributed by atoms with Crippen molar-refractivity contribution in [1.29, 1.82) is 0 Å². The summed E-state index contributed by atoms with van der Waals surface area (Å²) in [6, 6.07) is 9.79.